The van der Waals surface area contributed by atoms with E-state index in [2.05, 4.69) is 15.9 Å². The number of aliphatic hydroxyl groups is 1. The van der Waals surface area contributed by atoms with Gasteiger partial charge in [0.15, 0.2) is 0 Å². The van der Waals surface area contributed by atoms with Gasteiger partial charge in [-0.2, -0.15) is 0 Å². The lowest BCUT2D eigenvalue weighted by molar-refractivity contribution is 0.213. The Bertz CT molecular complexity index is 628. The summed E-state index contributed by atoms with van der Waals surface area (Å²) in [5, 5.41) is 11.2. The third kappa shape index (κ3) is 2.38. The molecule has 0 fully saturated rings. The van der Waals surface area contributed by atoms with Crippen molar-refractivity contribution >= 4 is 27.5 Å². The lowest BCUT2D eigenvalue weighted by Crippen LogP contribution is -2.03. The van der Waals surface area contributed by atoms with Crippen molar-refractivity contribution in [3.05, 3.63) is 62.6 Å². The highest BCUT2D eigenvalue weighted by Gasteiger charge is 2.23. The first-order valence-electron chi connectivity index (χ1n) is 6.04. The van der Waals surface area contributed by atoms with Crippen LogP contribution >= 0.6 is 27.5 Å². The molecular formula is C15H12BrClO2. The molecular weight excluding hydrogens is 328 g/mol. The number of halogens is 2. The Morgan fingerprint density at radius 3 is 2.84 bits per heavy atom. The molecule has 1 atom stereocenters. The molecule has 0 saturated heterocycles. The zero-order valence-electron chi connectivity index (χ0n) is 10.1. The molecule has 2 nitrogen and oxygen atoms in total. The fourth-order valence-corrected chi connectivity index (χ4v) is 3.25. The maximum absolute atomic E-state index is 10.6. The summed E-state index contributed by atoms with van der Waals surface area (Å²) >= 11 is 9.37. The second-order valence-electron chi connectivity index (χ2n) is 4.50. The first-order chi connectivity index (χ1) is 9.16. The standard InChI is InChI=1S/C15H12BrClO2/c16-13-8-10(17)4-5-11(13)14(18)12-3-1-2-9-6-7-19-15(9)12/h1-5,8,14,18H,6-7H2. The van der Waals surface area contributed by atoms with Crippen molar-refractivity contribution in [2.45, 2.75) is 12.5 Å². The second kappa shape index (κ2) is 5.16. The molecule has 0 saturated carbocycles. The van der Waals surface area contributed by atoms with E-state index < -0.39 is 6.10 Å². The fraction of sp³-hybridized carbons (Fsp3) is 0.200. The SMILES string of the molecule is OC(c1ccc(Cl)cc1Br)c1cccc2c1OCC2. The molecule has 2 aromatic carbocycles. The molecule has 3 rings (SSSR count). The van der Waals surface area contributed by atoms with Gasteiger partial charge < -0.3 is 9.84 Å². The van der Waals surface area contributed by atoms with Gasteiger partial charge >= 0.3 is 0 Å². The molecule has 2 aromatic rings. The van der Waals surface area contributed by atoms with Gasteiger partial charge in [-0.05, 0) is 23.3 Å². The second-order valence-corrected chi connectivity index (χ2v) is 5.79. The Labute approximate surface area is 125 Å². The van der Waals surface area contributed by atoms with Gasteiger partial charge in [-0.3, -0.25) is 0 Å². The van der Waals surface area contributed by atoms with E-state index in [1.807, 2.05) is 24.3 Å². The highest BCUT2D eigenvalue weighted by Crippen LogP contribution is 2.38. The normalized spacial score (nSPS) is 14.9. The molecule has 0 aromatic heterocycles. The van der Waals surface area contributed by atoms with Gasteiger partial charge in [0, 0.05) is 21.5 Å². The van der Waals surface area contributed by atoms with Crippen LogP contribution in [0.2, 0.25) is 5.02 Å². The van der Waals surface area contributed by atoms with Crippen molar-refractivity contribution in [3.8, 4) is 5.75 Å². The summed E-state index contributed by atoms with van der Waals surface area (Å²) in [6.45, 7) is 0.681. The minimum atomic E-state index is -0.723. The van der Waals surface area contributed by atoms with Crippen LogP contribution < -0.4 is 4.74 Å². The number of benzene rings is 2. The van der Waals surface area contributed by atoms with Crippen molar-refractivity contribution in [1.29, 1.82) is 0 Å². The average molecular weight is 340 g/mol. The smallest absolute Gasteiger partial charge is 0.128 e. The van der Waals surface area contributed by atoms with E-state index in [-0.39, 0.29) is 0 Å². The van der Waals surface area contributed by atoms with Crippen LogP contribution in [-0.4, -0.2) is 11.7 Å². The van der Waals surface area contributed by atoms with Crippen molar-refractivity contribution < 1.29 is 9.84 Å². The number of para-hydroxylation sites is 1. The van der Waals surface area contributed by atoms with Crippen LogP contribution in [-0.2, 0) is 6.42 Å². The van der Waals surface area contributed by atoms with Crippen LogP contribution in [0.4, 0.5) is 0 Å². The van der Waals surface area contributed by atoms with Crippen molar-refractivity contribution in [2.75, 3.05) is 6.61 Å². The van der Waals surface area contributed by atoms with Crippen LogP contribution in [0.5, 0.6) is 5.75 Å². The summed E-state index contributed by atoms with van der Waals surface area (Å²) in [6.07, 6.45) is 0.178. The lowest BCUT2D eigenvalue weighted by atomic mass is 9.98. The summed E-state index contributed by atoms with van der Waals surface area (Å²) in [7, 11) is 0. The Morgan fingerprint density at radius 2 is 2.05 bits per heavy atom. The van der Waals surface area contributed by atoms with Gasteiger partial charge in [0.2, 0.25) is 0 Å². The molecule has 0 amide bonds. The van der Waals surface area contributed by atoms with E-state index in [4.69, 9.17) is 16.3 Å². The highest BCUT2D eigenvalue weighted by atomic mass is 79.9. The van der Waals surface area contributed by atoms with E-state index in [1.54, 1.807) is 12.1 Å². The van der Waals surface area contributed by atoms with E-state index in [0.29, 0.717) is 11.6 Å². The third-order valence-electron chi connectivity index (χ3n) is 3.30. The molecule has 1 aliphatic rings. The topological polar surface area (TPSA) is 29.5 Å². The Hall–Kier alpha value is -1.03. The lowest BCUT2D eigenvalue weighted by Gasteiger charge is -2.16. The molecule has 19 heavy (non-hydrogen) atoms. The summed E-state index contributed by atoms with van der Waals surface area (Å²) in [5.41, 5.74) is 2.74. The van der Waals surface area contributed by atoms with Gasteiger partial charge in [-0.1, -0.05) is 51.8 Å². The summed E-state index contributed by atoms with van der Waals surface area (Å²) in [4.78, 5) is 0. The highest BCUT2D eigenvalue weighted by molar-refractivity contribution is 9.10. The molecule has 98 valence electrons. The van der Waals surface area contributed by atoms with Crippen molar-refractivity contribution in [1.82, 2.24) is 0 Å². The minimum absolute atomic E-state index is 0.636. The molecule has 1 N–H and O–H groups in total. The maximum Gasteiger partial charge on any atom is 0.128 e. The maximum atomic E-state index is 10.6. The molecule has 1 aliphatic heterocycles. The zero-order chi connectivity index (χ0) is 13.4. The number of ether oxygens (including phenoxy) is 1. The van der Waals surface area contributed by atoms with Crippen LogP contribution in [0, 0.1) is 0 Å². The monoisotopic (exact) mass is 338 g/mol. The van der Waals surface area contributed by atoms with Gasteiger partial charge in [0.1, 0.15) is 11.9 Å². The molecule has 4 heteroatoms. The summed E-state index contributed by atoms with van der Waals surface area (Å²) < 4.78 is 6.43. The van der Waals surface area contributed by atoms with Crippen LogP contribution in [0.3, 0.4) is 0 Å². The van der Waals surface area contributed by atoms with E-state index in [1.165, 1.54) is 0 Å². The molecule has 0 radical (unpaired) electrons. The number of hydrogen-bond donors (Lipinski definition) is 1. The zero-order valence-corrected chi connectivity index (χ0v) is 12.4. The number of aliphatic hydroxyl groups excluding tert-OH is 1. The van der Waals surface area contributed by atoms with E-state index in [0.717, 1.165) is 33.3 Å². The molecule has 1 unspecified atom stereocenters. The van der Waals surface area contributed by atoms with Gasteiger partial charge in [0.25, 0.3) is 0 Å². The third-order valence-corrected chi connectivity index (χ3v) is 4.22. The molecule has 0 bridgehead atoms. The van der Waals surface area contributed by atoms with E-state index >= 15 is 0 Å². The quantitative estimate of drug-likeness (QED) is 0.892. The number of hydrogen-bond acceptors (Lipinski definition) is 2. The molecule has 0 aliphatic carbocycles. The number of rotatable bonds is 2. The Kier molecular flexibility index (Phi) is 3.52. The van der Waals surface area contributed by atoms with Crippen LogP contribution in [0.15, 0.2) is 40.9 Å². The largest absolute Gasteiger partial charge is 0.493 e. The van der Waals surface area contributed by atoms with Gasteiger partial charge in [-0.25, -0.2) is 0 Å². The van der Waals surface area contributed by atoms with Gasteiger partial charge in [-0.15, -0.1) is 0 Å². The summed E-state index contributed by atoms with van der Waals surface area (Å²) in [6, 6.07) is 11.3. The van der Waals surface area contributed by atoms with Crippen molar-refractivity contribution in [2.24, 2.45) is 0 Å². The Morgan fingerprint density at radius 1 is 1.21 bits per heavy atom. The average Bonchev–Trinajstić information content (AvgIpc) is 2.86. The Balaban J connectivity index is 2.05. The molecule has 0 spiro atoms. The van der Waals surface area contributed by atoms with Crippen LogP contribution in [0.25, 0.3) is 0 Å². The first kappa shape index (κ1) is 13.0. The van der Waals surface area contributed by atoms with Crippen molar-refractivity contribution in [3.63, 3.8) is 0 Å². The van der Waals surface area contributed by atoms with Gasteiger partial charge in [0.05, 0.1) is 6.61 Å². The number of fused-ring (bicyclic) bond motifs is 1. The fourth-order valence-electron chi connectivity index (χ4n) is 2.35. The van der Waals surface area contributed by atoms with E-state index in [9.17, 15) is 5.11 Å². The van der Waals surface area contributed by atoms with Crippen LogP contribution in [0.1, 0.15) is 22.8 Å². The predicted molar refractivity (Wildman–Crippen MR) is 78.9 cm³/mol. The summed E-state index contributed by atoms with van der Waals surface area (Å²) in [5.74, 6) is 0.817. The predicted octanol–water partition coefficient (Wildman–Crippen LogP) is 4.12. The molecule has 1 heterocycles. The minimum Gasteiger partial charge on any atom is -0.493 e. The first-order valence-corrected chi connectivity index (χ1v) is 7.21.